The van der Waals surface area contributed by atoms with Crippen LogP contribution in [0.25, 0.3) is 0 Å². The second-order valence-corrected chi connectivity index (χ2v) is 8.22. The average molecular weight is 336 g/mol. The number of halogens is 1. The Morgan fingerprint density at radius 3 is 2.56 bits per heavy atom. The molecule has 1 saturated carbocycles. The number of rotatable bonds is 2. The van der Waals surface area contributed by atoms with Crippen LogP contribution in [0.2, 0.25) is 0 Å². The van der Waals surface area contributed by atoms with E-state index in [1.54, 1.807) is 12.1 Å². The molecule has 0 aromatic heterocycles. The van der Waals surface area contributed by atoms with E-state index in [0.717, 1.165) is 19.5 Å². The summed E-state index contributed by atoms with van der Waals surface area (Å²) in [4.78, 5) is 5.23. The Morgan fingerprint density at radius 1 is 1.04 bits per heavy atom. The first-order chi connectivity index (χ1) is 12.2. The third-order valence-corrected chi connectivity index (χ3v) is 6.58. The molecule has 1 spiro atoms. The molecule has 2 heterocycles. The van der Waals surface area contributed by atoms with Crippen LogP contribution in [0, 0.1) is 11.2 Å². The van der Waals surface area contributed by atoms with Gasteiger partial charge in [0.25, 0.3) is 0 Å². The molecule has 2 nitrogen and oxygen atoms in total. The van der Waals surface area contributed by atoms with E-state index in [2.05, 4.69) is 41.1 Å². The molecule has 0 bridgehead atoms. The molecule has 1 saturated heterocycles. The van der Waals surface area contributed by atoms with Crippen molar-refractivity contribution in [3.05, 3.63) is 71.0 Å². The number of fused-ring (bicyclic) bond motifs is 1. The van der Waals surface area contributed by atoms with Gasteiger partial charge in [-0.15, -0.1) is 0 Å². The zero-order chi connectivity index (χ0) is 17.0. The minimum absolute atomic E-state index is 0.154. The van der Waals surface area contributed by atoms with Gasteiger partial charge in [-0.3, -0.25) is 4.90 Å². The van der Waals surface area contributed by atoms with Crippen LogP contribution in [0.4, 0.5) is 4.39 Å². The molecule has 2 aliphatic heterocycles. The molecule has 2 unspecified atom stereocenters. The summed E-state index contributed by atoms with van der Waals surface area (Å²) >= 11 is 0. The zero-order valence-corrected chi connectivity index (χ0v) is 14.8. The minimum Gasteiger partial charge on any atom is -0.304 e. The van der Waals surface area contributed by atoms with Crippen LogP contribution >= 0.6 is 0 Å². The lowest BCUT2D eigenvalue weighted by atomic mass is 9.85. The molecule has 130 valence electrons. The molecule has 0 amide bonds. The van der Waals surface area contributed by atoms with Gasteiger partial charge in [0.05, 0.1) is 6.04 Å². The van der Waals surface area contributed by atoms with Gasteiger partial charge in [0, 0.05) is 25.7 Å². The number of hydrogen-bond donors (Lipinski definition) is 0. The zero-order valence-electron chi connectivity index (χ0n) is 14.8. The maximum Gasteiger partial charge on any atom is 0.123 e. The fraction of sp³-hybridized carbons (Fsp3) is 0.455. The molecular weight excluding hydrogens is 311 g/mol. The van der Waals surface area contributed by atoms with Crippen LogP contribution < -0.4 is 0 Å². The topological polar surface area (TPSA) is 6.48 Å². The van der Waals surface area contributed by atoms with Crippen LogP contribution in [-0.2, 0) is 6.42 Å². The fourth-order valence-electron chi connectivity index (χ4n) is 5.24. The molecule has 2 aromatic carbocycles. The van der Waals surface area contributed by atoms with Crippen molar-refractivity contribution < 1.29 is 4.39 Å². The third-order valence-electron chi connectivity index (χ3n) is 6.58. The van der Waals surface area contributed by atoms with Crippen LogP contribution in [-0.4, -0.2) is 42.5 Å². The Labute approximate surface area is 149 Å². The van der Waals surface area contributed by atoms with Crippen molar-refractivity contribution >= 4 is 0 Å². The second-order valence-electron chi connectivity index (χ2n) is 8.22. The van der Waals surface area contributed by atoms with E-state index in [0.29, 0.717) is 11.5 Å². The van der Waals surface area contributed by atoms with Gasteiger partial charge in [0.1, 0.15) is 5.82 Å². The first kappa shape index (κ1) is 15.5. The quantitative estimate of drug-likeness (QED) is 0.821. The molecule has 1 aliphatic carbocycles. The van der Waals surface area contributed by atoms with Gasteiger partial charge in [-0.25, -0.2) is 4.39 Å². The molecule has 2 fully saturated rings. The van der Waals surface area contributed by atoms with Crippen molar-refractivity contribution in [1.82, 2.24) is 9.80 Å². The highest BCUT2D eigenvalue weighted by Crippen LogP contribution is 2.56. The number of likely N-dealkylation sites (tertiary alicyclic amines) is 1. The number of benzene rings is 2. The van der Waals surface area contributed by atoms with Crippen molar-refractivity contribution in [3.8, 4) is 0 Å². The molecule has 25 heavy (non-hydrogen) atoms. The Kier molecular flexibility index (Phi) is 3.51. The Morgan fingerprint density at radius 2 is 1.80 bits per heavy atom. The summed E-state index contributed by atoms with van der Waals surface area (Å²) in [6.45, 7) is 3.48. The number of likely N-dealkylation sites (N-methyl/N-ethyl adjacent to an activating group) is 1. The van der Waals surface area contributed by atoms with Crippen molar-refractivity contribution in [2.75, 3.05) is 26.7 Å². The molecule has 2 atom stereocenters. The van der Waals surface area contributed by atoms with Crippen molar-refractivity contribution in [3.63, 3.8) is 0 Å². The highest BCUT2D eigenvalue weighted by Gasteiger charge is 2.57. The highest BCUT2D eigenvalue weighted by atomic mass is 19.1. The van der Waals surface area contributed by atoms with E-state index in [9.17, 15) is 4.39 Å². The van der Waals surface area contributed by atoms with E-state index in [1.807, 2.05) is 12.1 Å². The molecule has 0 N–H and O–H groups in total. The Hall–Kier alpha value is -1.71. The van der Waals surface area contributed by atoms with Gasteiger partial charge >= 0.3 is 0 Å². The smallest absolute Gasteiger partial charge is 0.123 e. The normalized spacial score (nSPS) is 28.2. The molecule has 3 aliphatic rings. The second kappa shape index (κ2) is 5.65. The fourth-order valence-corrected chi connectivity index (χ4v) is 5.24. The largest absolute Gasteiger partial charge is 0.304 e. The lowest BCUT2D eigenvalue weighted by molar-refractivity contribution is 0.115. The monoisotopic (exact) mass is 336 g/mol. The van der Waals surface area contributed by atoms with Crippen LogP contribution in [0.5, 0.6) is 0 Å². The first-order valence-corrected chi connectivity index (χ1v) is 9.44. The van der Waals surface area contributed by atoms with E-state index in [-0.39, 0.29) is 11.9 Å². The van der Waals surface area contributed by atoms with Gasteiger partial charge in [0.15, 0.2) is 0 Å². The molecule has 0 radical (unpaired) electrons. The van der Waals surface area contributed by atoms with Crippen molar-refractivity contribution in [1.29, 1.82) is 0 Å². The summed E-state index contributed by atoms with van der Waals surface area (Å²) in [6.07, 6.45) is 3.83. The maximum atomic E-state index is 13.5. The predicted octanol–water partition coefficient (Wildman–Crippen LogP) is 3.87. The predicted molar refractivity (Wildman–Crippen MR) is 98.0 cm³/mol. The summed E-state index contributed by atoms with van der Waals surface area (Å²) < 4.78 is 13.5. The van der Waals surface area contributed by atoms with Gasteiger partial charge in [0.2, 0.25) is 0 Å². The maximum absolute atomic E-state index is 13.5. The SMILES string of the molecule is CN1CC(N2CCc3ccccc3C2c2ccc(F)cc2)C2(CC2)C1. The Bertz CT molecular complexity index is 781. The van der Waals surface area contributed by atoms with Gasteiger partial charge in [-0.2, -0.15) is 0 Å². The minimum atomic E-state index is -0.154. The van der Waals surface area contributed by atoms with E-state index >= 15 is 0 Å². The van der Waals surface area contributed by atoms with E-state index in [4.69, 9.17) is 0 Å². The summed E-state index contributed by atoms with van der Waals surface area (Å²) in [7, 11) is 2.25. The van der Waals surface area contributed by atoms with Gasteiger partial charge in [-0.1, -0.05) is 36.4 Å². The summed E-state index contributed by atoms with van der Waals surface area (Å²) in [5.41, 5.74) is 4.58. The highest BCUT2D eigenvalue weighted by molar-refractivity contribution is 5.40. The average Bonchev–Trinajstić information content (AvgIpc) is 3.31. The lowest BCUT2D eigenvalue weighted by Crippen LogP contribution is -2.47. The molecule has 3 heteroatoms. The number of nitrogens with zero attached hydrogens (tertiary/aromatic N) is 2. The van der Waals surface area contributed by atoms with E-state index < -0.39 is 0 Å². The van der Waals surface area contributed by atoms with E-state index in [1.165, 1.54) is 36.1 Å². The molecular formula is C22H25FN2. The summed E-state index contributed by atoms with van der Waals surface area (Å²) in [5.74, 6) is -0.154. The molecule has 5 rings (SSSR count). The lowest BCUT2D eigenvalue weighted by Gasteiger charge is -2.43. The van der Waals surface area contributed by atoms with Crippen molar-refractivity contribution in [2.45, 2.75) is 31.3 Å². The standard InChI is InChI=1S/C22H25FN2/c1-24-14-20(22(15-24)11-12-22)25-13-10-16-4-2-3-5-19(16)21(25)17-6-8-18(23)9-7-17/h2-9,20-21H,10-15H2,1H3. The van der Waals surface area contributed by atoms with Gasteiger partial charge < -0.3 is 4.90 Å². The summed E-state index contributed by atoms with van der Waals surface area (Å²) in [5, 5.41) is 0. The van der Waals surface area contributed by atoms with Crippen LogP contribution in [0.15, 0.2) is 48.5 Å². The van der Waals surface area contributed by atoms with Crippen LogP contribution in [0.1, 0.15) is 35.6 Å². The van der Waals surface area contributed by atoms with Crippen LogP contribution in [0.3, 0.4) is 0 Å². The first-order valence-electron chi connectivity index (χ1n) is 9.44. The third kappa shape index (κ3) is 2.52. The van der Waals surface area contributed by atoms with Crippen molar-refractivity contribution in [2.24, 2.45) is 5.41 Å². The molecule has 2 aromatic rings. The summed E-state index contributed by atoms with van der Waals surface area (Å²) in [6, 6.07) is 16.9. The number of hydrogen-bond acceptors (Lipinski definition) is 2. The Balaban J connectivity index is 1.59. The van der Waals surface area contributed by atoms with Gasteiger partial charge in [-0.05, 0) is 60.5 Å².